The predicted octanol–water partition coefficient (Wildman–Crippen LogP) is 3.03. The molecule has 1 unspecified atom stereocenters. The summed E-state index contributed by atoms with van der Waals surface area (Å²) in [7, 11) is 0. The van der Waals surface area contributed by atoms with E-state index in [0.717, 1.165) is 22.7 Å². The van der Waals surface area contributed by atoms with Crippen LogP contribution < -0.4 is 5.32 Å². The van der Waals surface area contributed by atoms with Gasteiger partial charge in [0.1, 0.15) is 5.01 Å². The molecule has 2 aromatic rings. The third-order valence-corrected chi connectivity index (χ3v) is 5.27. The molecule has 5 nitrogen and oxygen atoms in total. The zero-order valence-corrected chi connectivity index (χ0v) is 14.7. The first kappa shape index (κ1) is 16.9. The van der Waals surface area contributed by atoms with E-state index in [9.17, 15) is 9.90 Å². The first-order valence-electron chi connectivity index (χ1n) is 8.33. The zero-order chi connectivity index (χ0) is 16.9. The molecule has 0 saturated carbocycles. The Bertz CT molecular complexity index is 701. The van der Waals surface area contributed by atoms with Crippen LogP contribution in [0.1, 0.15) is 39.9 Å². The highest BCUT2D eigenvalue weighted by molar-refractivity contribution is 7.11. The van der Waals surface area contributed by atoms with Gasteiger partial charge in [0.25, 0.3) is 0 Å². The van der Waals surface area contributed by atoms with E-state index in [-0.39, 0.29) is 18.7 Å². The summed E-state index contributed by atoms with van der Waals surface area (Å²) in [5.74, 6) is 0. The molecular formula is C18H23N3O2S. The van der Waals surface area contributed by atoms with Crippen molar-refractivity contribution in [2.45, 2.75) is 38.8 Å². The summed E-state index contributed by atoms with van der Waals surface area (Å²) < 4.78 is 0. The molecule has 3 rings (SSSR count). The normalized spacial score (nSPS) is 16.0. The van der Waals surface area contributed by atoms with Gasteiger partial charge in [-0.3, -0.25) is 0 Å². The number of hydrogen-bond acceptors (Lipinski definition) is 4. The van der Waals surface area contributed by atoms with E-state index >= 15 is 0 Å². The zero-order valence-electron chi connectivity index (χ0n) is 13.9. The monoisotopic (exact) mass is 345 g/mol. The van der Waals surface area contributed by atoms with Gasteiger partial charge in [-0.25, -0.2) is 9.78 Å². The van der Waals surface area contributed by atoms with Gasteiger partial charge in [-0.15, -0.1) is 11.3 Å². The van der Waals surface area contributed by atoms with Gasteiger partial charge < -0.3 is 15.3 Å². The van der Waals surface area contributed by atoms with Crippen molar-refractivity contribution >= 4 is 17.4 Å². The molecule has 1 aromatic carbocycles. The quantitative estimate of drug-likeness (QED) is 0.846. The lowest BCUT2D eigenvalue weighted by atomic mass is 10.1. The number of rotatable bonds is 6. The Morgan fingerprint density at radius 2 is 2.29 bits per heavy atom. The van der Waals surface area contributed by atoms with Crippen LogP contribution in [-0.4, -0.2) is 34.2 Å². The molecule has 1 aromatic heterocycles. The first-order valence-corrected chi connectivity index (χ1v) is 9.15. The molecule has 2 N–H and O–H groups in total. The summed E-state index contributed by atoms with van der Waals surface area (Å²) in [6.07, 6.45) is 4.34. The second kappa shape index (κ2) is 7.77. The average Bonchev–Trinajstić information content (AvgIpc) is 3.20. The number of nitrogens with one attached hydrogen (secondary N) is 1. The van der Waals surface area contributed by atoms with Gasteiger partial charge in [0, 0.05) is 24.2 Å². The van der Waals surface area contributed by atoms with Crippen LogP contribution in [0.2, 0.25) is 0 Å². The lowest BCUT2D eigenvalue weighted by Crippen LogP contribution is -2.42. The number of carbonyl (C=O) groups is 1. The highest BCUT2D eigenvalue weighted by Gasteiger charge is 2.30. The average molecular weight is 345 g/mol. The van der Waals surface area contributed by atoms with Crippen LogP contribution in [0.4, 0.5) is 4.79 Å². The van der Waals surface area contributed by atoms with Crippen LogP contribution in [0.3, 0.4) is 0 Å². The Kier molecular flexibility index (Phi) is 5.48. The van der Waals surface area contributed by atoms with Crippen LogP contribution >= 0.6 is 11.3 Å². The summed E-state index contributed by atoms with van der Waals surface area (Å²) in [6.45, 7) is 3.09. The topological polar surface area (TPSA) is 65.5 Å². The fourth-order valence-electron chi connectivity index (χ4n) is 3.23. The van der Waals surface area contributed by atoms with Crippen molar-refractivity contribution in [1.82, 2.24) is 15.2 Å². The Balaban J connectivity index is 1.70. The van der Waals surface area contributed by atoms with Gasteiger partial charge in [-0.2, -0.15) is 0 Å². The van der Waals surface area contributed by atoms with Crippen LogP contribution in [-0.2, 0) is 13.0 Å². The molecule has 0 bridgehead atoms. The van der Waals surface area contributed by atoms with Crippen molar-refractivity contribution in [2.24, 2.45) is 0 Å². The van der Waals surface area contributed by atoms with Gasteiger partial charge in [-0.05, 0) is 37.3 Å². The predicted molar refractivity (Wildman–Crippen MR) is 95.0 cm³/mol. The Hall–Kier alpha value is -1.92. The van der Waals surface area contributed by atoms with E-state index in [2.05, 4.69) is 22.4 Å². The second-order valence-electron chi connectivity index (χ2n) is 6.05. The molecule has 0 radical (unpaired) electrons. The van der Waals surface area contributed by atoms with Crippen molar-refractivity contribution in [3.63, 3.8) is 0 Å². The SMILES string of the molecule is Cc1cnc(CNC(=O)N(CCCO)C2CCc3ccccc32)s1. The molecular weight excluding hydrogens is 322 g/mol. The highest BCUT2D eigenvalue weighted by atomic mass is 32.1. The Morgan fingerprint density at radius 1 is 1.46 bits per heavy atom. The van der Waals surface area contributed by atoms with E-state index in [4.69, 9.17) is 0 Å². The van der Waals surface area contributed by atoms with Crippen molar-refractivity contribution in [1.29, 1.82) is 0 Å². The fourth-order valence-corrected chi connectivity index (χ4v) is 3.96. The minimum atomic E-state index is -0.0852. The Morgan fingerprint density at radius 3 is 3.04 bits per heavy atom. The maximum Gasteiger partial charge on any atom is 0.318 e. The number of aliphatic hydroxyl groups is 1. The lowest BCUT2D eigenvalue weighted by molar-refractivity contribution is 0.164. The number of nitrogens with zero attached hydrogens (tertiary/aromatic N) is 2. The molecule has 128 valence electrons. The summed E-state index contributed by atoms with van der Waals surface area (Å²) in [5, 5.41) is 13.1. The first-order chi connectivity index (χ1) is 11.7. The van der Waals surface area contributed by atoms with E-state index in [0.29, 0.717) is 19.5 Å². The lowest BCUT2D eigenvalue weighted by Gasteiger charge is -2.29. The van der Waals surface area contributed by atoms with Gasteiger partial charge in [0.2, 0.25) is 0 Å². The van der Waals surface area contributed by atoms with Gasteiger partial charge in [0.15, 0.2) is 0 Å². The number of amides is 2. The second-order valence-corrected chi connectivity index (χ2v) is 7.37. The number of urea groups is 1. The summed E-state index contributed by atoms with van der Waals surface area (Å²) in [6, 6.07) is 8.32. The van der Waals surface area contributed by atoms with E-state index in [1.807, 2.05) is 30.2 Å². The van der Waals surface area contributed by atoms with E-state index in [1.165, 1.54) is 11.1 Å². The number of fused-ring (bicyclic) bond motifs is 1. The smallest absolute Gasteiger partial charge is 0.318 e. The molecule has 1 aliphatic rings. The largest absolute Gasteiger partial charge is 0.396 e. The standard InChI is InChI=1S/C18H23N3O2S/c1-13-11-19-17(24-13)12-20-18(23)21(9-4-10-22)16-8-7-14-5-2-3-6-15(14)16/h2-3,5-6,11,16,22H,4,7-10,12H2,1H3,(H,20,23). The van der Waals surface area contributed by atoms with Crippen LogP contribution in [0, 0.1) is 6.92 Å². The summed E-state index contributed by atoms with van der Waals surface area (Å²) in [4.78, 5) is 20.0. The molecule has 0 spiro atoms. The van der Waals surface area contributed by atoms with Crippen LogP contribution in [0.5, 0.6) is 0 Å². The number of hydrogen-bond donors (Lipinski definition) is 2. The molecule has 0 saturated heterocycles. The molecule has 0 fully saturated rings. The van der Waals surface area contributed by atoms with Crippen molar-refractivity contribution < 1.29 is 9.90 Å². The maximum atomic E-state index is 12.7. The number of benzene rings is 1. The minimum absolute atomic E-state index is 0.0852. The fraction of sp³-hybridized carbons (Fsp3) is 0.444. The number of aliphatic hydroxyl groups excluding tert-OH is 1. The molecule has 0 aliphatic heterocycles. The number of carbonyl (C=O) groups excluding carboxylic acids is 1. The van der Waals surface area contributed by atoms with Crippen molar-refractivity contribution in [3.8, 4) is 0 Å². The molecule has 6 heteroatoms. The Labute approximate surface area is 146 Å². The summed E-state index contributed by atoms with van der Waals surface area (Å²) in [5.41, 5.74) is 2.55. The highest BCUT2D eigenvalue weighted by Crippen LogP contribution is 2.35. The number of aromatic nitrogens is 1. The molecule has 1 aliphatic carbocycles. The molecule has 1 atom stereocenters. The van der Waals surface area contributed by atoms with Crippen molar-refractivity contribution in [2.75, 3.05) is 13.2 Å². The van der Waals surface area contributed by atoms with E-state index < -0.39 is 0 Å². The molecule has 2 amide bonds. The van der Waals surface area contributed by atoms with Gasteiger partial charge in [-0.1, -0.05) is 24.3 Å². The van der Waals surface area contributed by atoms with Crippen LogP contribution in [0.15, 0.2) is 30.5 Å². The number of thiazole rings is 1. The molecule has 1 heterocycles. The summed E-state index contributed by atoms with van der Waals surface area (Å²) >= 11 is 1.60. The third-order valence-electron chi connectivity index (χ3n) is 4.36. The third kappa shape index (κ3) is 3.76. The maximum absolute atomic E-state index is 12.7. The van der Waals surface area contributed by atoms with Crippen LogP contribution in [0.25, 0.3) is 0 Å². The van der Waals surface area contributed by atoms with Gasteiger partial charge >= 0.3 is 6.03 Å². The van der Waals surface area contributed by atoms with Gasteiger partial charge in [0.05, 0.1) is 12.6 Å². The molecule has 24 heavy (non-hydrogen) atoms. The van der Waals surface area contributed by atoms with Crippen molar-refractivity contribution in [3.05, 3.63) is 51.5 Å². The number of aryl methyl sites for hydroxylation is 2. The van der Waals surface area contributed by atoms with E-state index in [1.54, 1.807) is 11.3 Å². The minimum Gasteiger partial charge on any atom is -0.396 e.